The van der Waals surface area contributed by atoms with E-state index in [1.807, 2.05) is 42.4 Å². The highest BCUT2D eigenvalue weighted by Gasteiger charge is 2.33. The number of nitrogens with one attached hydrogen (secondary N) is 1. The van der Waals surface area contributed by atoms with Crippen molar-refractivity contribution >= 4 is 11.3 Å². The molecule has 1 N–H and O–H groups in total. The molecule has 0 aromatic carbocycles. The number of rotatable bonds is 2. The molecule has 0 aliphatic carbocycles. The number of hydrogen-bond acceptors (Lipinski definition) is 5. The molecular formula is C16H19N7. The molecular weight excluding hydrogens is 290 g/mol. The van der Waals surface area contributed by atoms with Crippen LogP contribution in [0.25, 0.3) is 16.8 Å². The summed E-state index contributed by atoms with van der Waals surface area (Å²) in [6.07, 6.45) is 10.2. The van der Waals surface area contributed by atoms with E-state index in [4.69, 9.17) is 4.98 Å². The highest BCUT2D eigenvalue weighted by molar-refractivity contribution is 5.73. The zero-order chi connectivity index (χ0) is 15.4. The van der Waals surface area contributed by atoms with Crippen molar-refractivity contribution in [1.82, 2.24) is 29.7 Å². The van der Waals surface area contributed by atoms with Gasteiger partial charge in [0.1, 0.15) is 5.52 Å². The molecule has 2 aliphatic rings. The van der Waals surface area contributed by atoms with Gasteiger partial charge in [-0.15, -0.1) is 0 Å². The first-order valence-electron chi connectivity index (χ1n) is 8.11. The molecule has 0 saturated carbocycles. The third-order valence-corrected chi connectivity index (χ3v) is 4.89. The number of nitrogens with zero attached hydrogens (tertiary/aromatic N) is 6. The van der Waals surface area contributed by atoms with Crippen molar-refractivity contribution in [3.8, 4) is 11.3 Å². The highest BCUT2D eigenvalue weighted by atomic mass is 15.3. The average Bonchev–Trinajstić information content (AvgIpc) is 3.26. The zero-order valence-electron chi connectivity index (χ0n) is 13.1. The van der Waals surface area contributed by atoms with Crippen molar-refractivity contribution in [3.63, 3.8) is 0 Å². The molecule has 2 bridgehead atoms. The minimum absolute atomic E-state index is 0.584. The van der Waals surface area contributed by atoms with Crippen molar-refractivity contribution in [3.05, 3.63) is 30.9 Å². The van der Waals surface area contributed by atoms with Crippen LogP contribution in [0.3, 0.4) is 0 Å². The van der Waals surface area contributed by atoms with Crippen molar-refractivity contribution < 1.29 is 0 Å². The molecule has 7 nitrogen and oxygen atoms in total. The molecule has 0 unspecified atom stereocenters. The molecule has 0 spiro atoms. The smallest absolute Gasteiger partial charge is 0.155 e. The minimum atomic E-state index is 0.584. The summed E-state index contributed by atoms with van der Waals surface area (Å²) >= 11 is 0. The van der Waals surface area contributed by atoms with Crippen LogP contribution in [0.5, 0.6) is 0 Å². The summed E-state index contributed by atoms with van der Waals surface area (Å²) in [6.45, 7) is 2.03. The van der Waals surface area contributed by atoms with Crippen LogP contribution in [0.4, 0.5) is 5.82 Å². The molecule has 7 heteroatoms. The van der Waals surface area contributed by atoms with Gasteiger partial charge in [0.05, 0.1) is 24.3 Å². The van der Waals surface area contributed by atoms with E-state index in [1.165, 1.54) is 12.8 Å². The van der Waals surface area contributed by atoms with E-state index in [2.05, 4.69) is 20.4 Å². The molecule has 3 aromatic rings. The maximum absolute atomic E-state index is 4.96. The third kappa shape index (κ3) is 2.11. The summed E-state index contributed by atoms with van der Waals surface area (Å²) in [5.74, 6) is 1.03. The molecule has 2 saturated heterocycles. The molecule has 5 rings (SSSR count). The molecule has 2 aliphatic heterocycles. The van der Waals surface area contributed by atoms with E-state index >= 15 is 0 Å². The topological polar surface area (TPSA) is 63.3 Å². The molecule has 0 amide bonds. The second-order valence-corrected chi connectivity index (χ2v) is 6.56. The van der Waals surface area contributed by atoms with Gasteiger partial charge in [-0.05, 0) is 18.9 Å². The first-order valence-corrected chi connectivity index (χ1v) is 8.11. The molecule has 2 atom stereocenters. The van der Waals surface area contributed by atoms with Crippen LogP contribution in [0.15, 0.2) is 30.9 Å². The largest absolute Gasteiger partial charge is 0.352 e. The van der Waals surface area contributed by atoms with E-state index in [0.29, 0.717) is 12.1 Å². The zero-order valence-corrected chi connectivity index (χ0v) is 13.1. The summed E-state index contributed by atoms with van der Waals surface area (Å²) in [7, 11) is 1.92. The van der Waals surface area contributed by atoms with Crippen molar-refractivity contribution in [2.75, 3.05) is 18.0 Å². The van der Waals surface area contributed by atoms with E-state index in [0.717, 1.165) is 35.7 Å². The van der Waals surface area contributed by atoms with Crippen LogP contribution in [0.2, 0.25) is 0 Å². The Morgan fingerprint density at radius 2 is 1.96 bits per heavy atom. The van der Waals surface area contributed by atoms with Gasteiger partial charge in [-0.25, -0.2) is 9.50 Å². The van der Waals surface area contributed by atoms with Crippen LogP contribution < -0.4 is 10.2 Å². The maximum atomic E-state index is 4.96. The van der Waals surface area contributed by atoms with Crippen molar-refractivity contribution in [1.29, 1.82) is 0 Å². The fourth-order valence-corrected chi connectivity index (χ4v) is 3.81. The Kier molecular flexibility index (Phi) is 2.72. The fourth-order valence-electron chi connectivity index (χ4n) is 3.81. The van der Waals surface area contributed by atoms with Crippen LogP contribution in [-0.2, 0) is 7.05 Å². The predicted molar refractivity (Wildman–Crippen MR) is 87.3 cm³/mol. The lowest BCUT2D eigenvalue weighted by molar-refractivity contribution is 0.464. The second-order valence-electron chi connectivity index (χ2n) is 6.56. The Bertz CT molecular complexity index is 852. The van der Waals surface area contributed by atoms with Gasteiger partial charge in [-0.2, -0.15) is 10.2 Å². The Morgan fingerprint density at radius 3 is 2.70 bits per heavy atom. The van der Waals surface area contributed by atoms with Crippen LogP contribution >= 0.6 is 0 Å². The Balaban J connectivity index is 1.63. The molecule has 118 valence electrons. The lowest BCUT2D eigenvalue weighted by Gasteiger charge is -2.34. The van der Waals surface area contributed by atoms with E-state index < -0.39 is 0 Å². The summed E-state index contributed by atoms with van der Waals surface area (Å²) in [6, 6.07) is 3.21. The first kappa shape index (κ1) is 13.1. The summed E-state index contributed by atoms with van der Waals surface area (Å²) in [4.78, 5) is 7.37. The monoisotopic (exact) mass is 309 g/mol. The van der Waals surface area contributed by atoms with Gasteiger partial charge in [0.25, 0.3) is 0 Å². The molecule has 23 heavy (non-hydrogen) atoms. The minimum Gasteiger partial charge on any atom is -0.352 e. The second kappa shape index (κ2) is 4.79. The average molecular weight is 309 g/mol. The van der Waals surface area contributed by atoms with Gasteiger partial charge >= 0.3 is 0 Å². The molecule has 2 fully saturated rings. The van der Waals surface area contributed by atoms with Gasteiger partial charge in [0.15, 0.2) is 5.82 Å². The lowest BCUT2D eigenvalue weighted by Crippen LogP contribution is -2.51. The normalized spacial score (nSPS) is 23.8. The van der Waals surface area contributed by atoms with Gasteiger partial charge in [0, 0.05) is 44.0 Å². The summed E-state index contributed by atoms with van der Waals surface area (Å²) < 4.78 is 3.73. The van der Waals surface area contributed by atoms with Crippen molar-refractivity contribution in [2.45, 2.75) is 24.9 Å². The van der Waals surface area contributed by atoms with Gasteiger partial charge < -0.3 is 10.2 Å². The number of piperazine rings is 1. The van der Waals surface area contributed by atoms with Crippen LogP contribution in [-0.4, -0.2) is 49.6 Å². The number of hydrogen-bond donors (Lipinski definition) is 1. The van der Waals surface area contributed by atoms with Gasteiger partial charge in [-0.1, -0.05) is 0 Å². The van der Waals surface area contributed by atoms with Gasteiger partial charge in [-0.3, -0.25) is 4.68 Å². The fraction of sp³-hybridized carbons (Fsp3) is 0.438. The Labute approximate surface area is 133 Å². The lowest BCUT2D eigenvalue weighted by atomic mass is 10.2. The number of fused-ring (bicyclic) bond motifs is 3. The highest BCUT2D eigenvalue weighted by Crippen LogP contribution is 2.29. The predicted octanol–water partition coefficient (Wildman–Crippen LogP) is 1.07. The third-order valence-electron chi connectivity index (χ3n) is 4.89. The Hall–Kier alpha value is -2.41. The van der Waals surface area contributed by atoms with E-state index in [9.17, 15) is 0 Å². The van der Waals surface area contributed by atoms with E-state index in [1.54, 1.807) is 4.68 Å². The van der Waals surface area contributed by atoms with Crippen LogP contribution in [0.1, 0.15) is 12.8 Å². The first-order chi connectivity index (χ1) is 11.3. The standard InChI is InChI=1S/C16H19N7/c1-21-7-11(6-18-21)14-10-23-15(4-5-17-23)16(20-14)22-8-12-2-3-13(9-22)19-12/h4-7,10,12-13,19H,2-3,8-9H2,1H3/t12-,13+. The Morgan fingerprint density at radius 1 is 1.13 bits per heavy atom. The number of anilines is 1. The SMILES string of the molecule is Cn1cc(-c2cn3nccc3c(N3C[C@H]4CC[C@@H](C3)N4)n2)cn1. The number of aryl methyl sites for hydroxylation is 1. The molecule has 0 radical (unpaired) electrons. The summed E-state index contributed by atoms with van der Waals surface area (Å²) in [5.41, 5.74) is 3.00. The number of aromatic nitrogens is 5. The maximum Gasteiger partial charge on any atom is 0.155 e. The van der Waals surface area contributed by atoms with Crippen LogP contribution in [0, 0.1) is 0 Å². The quantitative estimate of drug-likeness (QED) is 0.767. The molecule has 5 heterocycles. The molecule has 3 aromatic heterocycles. The van der Waals surface area contributed by atoms with Gasteiger partial charge in [0.2, 0.25) is 0 Å². The van der Waals surface area contributed by atoms with Crippen molar-refractivity contribution in [2.24, 2.45) is 7.05 Å². The summed E-state index contributed by atoms with van der Waals surface area (Å²) in [5, 5.41) is 12.4. The van der Waals surface area contributed by atoms with E-state index in [-0.39, 0.29) is 0 Å².